The van der Waals surface area contributed by atoms with Gasteiger partial charge in [0.15, 0.2) is 0 Å². The number of nitrogens with zero attached hydrogens (tertiary/aromatic N) is 2. The third-order valence-corrected chi connectivity index (χ3v) is 4.32. The summed E-state index contributed by atoms with van der Waals surface area (Å²) in [7, 11) is 1.56. The minimum atomic E-state index is -4.49. The molecule has 2 aromatic carbocycles. The van der Waals surface area contributed by atoms with E-state index in [9.17, 15) is 18.0 Å². The fourth-order valence-electron chi connectivity index (χ4n) is 2.16. The molecule has 2 N–H and O–H groups in total. The molecule has 0 bridgehead atoms. The minimum Gasteiger partial charge on any atom is -0.497 e. The molecule has 0 aliphatic heterocycles. The summed E-state index contributed by atoms with van der Waals surface area (Å²) in [6.45, 7) is 0. The van der Waals surface area contributed by atoms with Gasteiger partial charge in [-0.15, -0.1) is 10.2 Å². The maximum absolute atomic E-state index is 12.7. The highest BCUT2D eigenvalue weighted by Crippen LogP contribution is 2.31. The molecule has 27 heavy (non-hydrogen) atoms. The molecule has 0 fully saturated rings. The lowest BCUT2D eigenvalue weighted by atomic mass is 10.2. The van der Waals surface area contributed by atoms with Crippen LogP contribution in [-0.4, -0.2) is 23.3 Å². The van der Waals surface area contributed by atoms with Crippen molar-refractivity contribution in [3.05, 3.63) is 54.1 Å². The summed E-state index contributed by atoms with van der Waals surface area (Å²) in [6, 6.07) is 10.8. The lowest BCUT2D eigenvalue weighted by Crippen LogP contribution is -2.19. The largest absolute Gasteiger partial charge is 0.497 e. The van der Waals surface area contributed by atoms with Crippen LogP contribution in [0, 0.1) is 0 Å². The second-order valence-corrected chi connectivity index (χ2v) is 6.28. The van der Waals surface area contributed by atoms with E-state index in [2.05, 4.69) is 20.8 Å². The molecule has 1 heterocycles. The van der Waals surface area contributed by atoms with E-state index in [4.69, 9.17) is 4.74 Å². The van der Waals surface area contributed by atoms with E-state index >= 15 is 0 Å². The normalized spacial score (nSPS) is 11.1. The van der Waals surface area contributed by atoms with E-state index in [-0.39, 0.29) is 10.8 Å². The number of nitrogens with one attached hydrogen (secondary N) is 2. The molecule has 10 heteroatoms. The minimum absolute atomic E-state index is 0.0159. The third-order valence-electron chi connectivity index (χ3n) is 3.43. The molecule has 0 atom stereocenters. The zero-order chi connectivity index (χ0) is 19.4. The SMILES string of the molecule is COc1ccc(-c2nnc(NC(=O)Nc3cccc(C(F)(F)F)c3)s2)cc1. The molecule has 3 aromatic rings. The zero-order valence-corrected chi connectivity index (χ0v) is 14.7. The van der Waals surface area contributed by atoms with Gasteiger partial charge in [-0.1, -0.05) is 17.4 Å². The quantitative estimate of drug-likeness (QED) is 0.662. The Labute approximate surface area is 156 Å². The highest BCUT2D eigenvalue weighted by atomic mass is 32.1. The summed E-state index contributed by atoms with van der Waals surface area (Å²) >= 11 is 1.13. The number of rotatable bonds is 4. The highest BCUT2D eigenvalue weighted by Gasteiger charge is 2.30. The molecule has 2 amide bonds. The van der Waals surface area contributed by atoms with Crippen molar-refractivity contribution in [2.45, 2.75) is 6.18 Å². The van der Waals surface area contributed by atoms with Crippen molar-refractivity contribution in [2.24, 2.45) is 0 Å². The number of benzene rings is 2. The highest BCUT2D eigenvalue weighted by molar-refractivity contribution is 7.18. The van der Waals surface area contributed by atoms with Crippen molar-refractivity contribution in [3.63, 3.8) is 0 Å². The Bertz CT molecular complexity index is 942. The molecule has 0 saturated heterocycles. The van der Waals surface area contributed by atoms with Crippen LogP contribution in [0.4, 0.5) is 28.8 Å². The van der Waals surface area contributed by atoms with E-state index in [0.29, 0.717) is 10.8 Å². The molecule has 0 spiro atoms. The Morgan fingerprint density at radius 3 is 2.48 bits per heavy atom. The summed E-state index contributed by atoms with van der Waals surface area (Å²) < 4.78 is 43.2. The lowest BCUT2D eigenvalue weighted by Gasteiger charge is -2.09. The van der Waals surface area contributed by atoms with Crippen LogP contribution in [0.2, 0.25) is 0 Å². The maximum atomic E-state index is 12.7. The van der Waals surface area contributed by atoms with Crippen LogP contribution < -0.4 is 15.4 Å². The van der Waals surface area contributed by atoms with E-state index in [1.54, 1.807) is 31.4 Å². The molecule has 0 aliphatic carbocycles. The molecule has 1 aromatic heterocycles. The molecule has 0 saturated carbocycles. The van der Waals surface area contributed by atoms with Crippen molar-refractivity contribution in [2.75, 3.05) is 17.7 Å². The van der Waals surface area contributed by atoms with Crippen LogP contribution in [-0.2, 0) is 6.18 Å². The molecule has 6 nitrogen and oxygen atoms in total. The maximum Gasteiger partial charge on any atom is 0.416 e. The van der Waals surface area contributed by atoms with E-state index in [0.717, 1.165) is 29.0 Å². The number of hydrogen-bond donors (Lipinski definition) is 2. The Morgan fingerprint density at radius 2 is 1.81 bits per heavy atom. The van der Waals surface area contributed by atoms with Gasteiger partial charge in [-0.3, -0.25) is 5.32 Å². The van der Waals surface area contributed by atoms with Crippen LogP contribution in [0.3, 0.4) is 0 Å². The van der Waals surface area contributed by atoms with Crippen molar-refractivity contribution in [1.29, 1.82) is 0 Å². The first kappa shape index (κ1) is 18.6. The first-order valence-electron chi connectivity index (χ1n) is 7.58. The monoisotopic (exact) mass is 394 g/mol. The van der Waals surface area contributed by atoms with Gasteiger partial charge in [0, 0.05) is 11.3 Å². The number of anilines is 2. The van der Waals surface area contributed by atoms with E-state index < -0.39 is 17.8 Å². The summed E-state index contributed by atoms with van der Waals surface area (Å²) in [5.74, 6) is 0.696. The standard InChI is InChI=1S/C17H13F3N4O2S/c1-26-13-7-5-10(6-8-13)14-23-24-16(27-14)22-15(25)21-12-4-2-3-11(9-12)17(18,19)20/h2-9H,1H3,(H2,21,22,24,25). The first-order valence-corrected chi connectivity index (χ1v) is 8.40. The Morgan fingerprint density at radius 1 is 1.07 bits per heavy atom. The number of methoxy groups -OCH3 is 1. The zero-order valence-electron chi connectivity index (χ0n) is 13.9. The predicted molar refractivity (Wildman–Crippen MR) is 96.0 cm³/mol. The number of ether oxygens (including phenoxy) is 1. The molecule has 0 aliphatic rings. The van der Waals surface area contributed by atoms with Gasteiger partial charge >= 0.3 is 12.2 Å². The number of carbonyl (C=O) groups is 1. The predicted octanol–water partition coefficient (Wildman–Crippen LogP) is 4.88. The van der Waals surface area contributed by atoms with Crippen molar-refractivity contribution in [3.8, 4) is 16.3 Å². The molecule has 3 rings (SSSR count). The summed E-state index contributed by atoms with van der Waals surface area (Å²) in [5.41, 5.74) is -0.0418. The lowest BCUT2D eigenvalue weighted by molar-refractivity contribution is -0.137. The second-order valence-electron chi connectivity index (χ2n) is 5.30. The molecular weight excluding hydrogens is 381 g/mol. The first-order chi connectivity index (χ1) is 12.8. The van der Waals surface area contributed by atoms with Crippen molar-refractivity contribution in [1.82, 2.24) is 10.2 Å². The number of amides is 2. The van der Waals surface area contributed by atoms with Crippen molar-refractivity contribution < 1.29 is 22.7 Å². The Balaban J connectivity index is 1.66. The fourth-order valence-corrected chi connectivity index (χ4v) is 2.90. The average Bonchev–Trinajstić information content (AvgIpc) is 3.09. The van der Waals surface area contributed by atoms with Gasteiger partial charge in [0.2, 0.25) is 5.13 Å². The number of aromatic nitrogens is 2. The van der Waals surface area contributed by atoms with Gasteiger partial charge in [-0.05, 0) is 42.5 Å². The van der Waals surface area contributed by atoms with Crippen LogP contribution in [0.5, 0.6) is 5.75 Å². The van der Waals surface area contributed by atoms with E-state index in [1.165, 1.54) is 12.1 Å². The summed E-state index contributed by atoms with van der Waals surface area (Å²) in [5, 5.41) is 13.4. The molecule has 0 radical (unpaired) electrons. The smallest absolute Gasteiger partial charge is 0.416 e. The second kappa shape index (κ2) is 7.62. The Kier molecular flexibility index (Phi) is 5.26. The average molecular weight is 394 g/mol. The van der Waals surface area contributed by atoms with Gasteiger partial charge < -0.3 is 10.1 Å². The van der Waals surface area contributed by atoms with Gasteiger partial charge in [-0.2, -0.15) is 13.2 Å². The van der Waals surface area contributed by atoms with Crippen LogP contribution in [0.1, 0.15) is 5.56 Å². The van der Waals surface area contributed by atoms with Gasteiger partial charge in [0.05, 0.1) is 12.7 Å². The third kappa shape index (κ3) is 4.73. The fraction of sp³-hybridized carbons (Fsp3) is 0.118. The number of hydrogen-bond acceptors (Lipinski definition) is 5. The molecule has 0 unspecified atom stereocenters. The topological polar surface area (TPSA) is 76.1 Å². The van der Waals surface area contributed by atoms with E-state index in [1.807, 2.05) is 0 Å². The van der Waals surface area contributed by atoms with Gasteiger partial charge in [0.1, 0.15) is 10.8 Å². The molecule has 140 valence electrons. The van der Waals surface area contributed by atoms with Crippen molar-refractivity contribution >= 4 is 28.2 Å². The Hall–Kier alpha value is -3.14. The number of carbonyl (C=O) groups excluding carboxylic acids is 1. The summed E-state index contributed by atoms with van der Waals surface area (Å²) in [6.07, 6.45) is -4.49. The number of halogens is 3. The van der Waals surface area contributed by atoms with Gasteiger partial charge in [-0.25, -0.2) is 4.79 Å². The molecular formula is C17H13F3N4O2S. The number of urea groups is 1. The summed E-state index contributed by atoms with van der Waals surface area (Å²) in [4.78, 5) is 12.0. The van der Waals surface area contributed by atoms with Crippen LogP contribution >= 0.6 is 11.3 Å². The van der Waals surface area contributed by atoms with Gasteiger partial charge in [0.25, 0.3) is 0 Å². The van der Waals surface area contributed by atoms with Crippen LogP contribution in [0.15, 0.2) is 48.5 Å². The number of alkyl halides is 3. The van der Waals surface area contributed by atoms with Crippen LogP contribution in [0.25, 0.3) is 10.6 Å².